The van der Waals surface area contributed by atoms with Crippen molar-refractivity contribution < 1.29 is 4.79 Å². The number of amides is 1. The molecule has 0 aliphatic rings. The standard InChI is InChI=1S/C21H22ClN3O/c1-21(2,3)24-20(26)17-12-15(14-5-7-18(22)8-6-14)11-16(13-17)19-9-10-23-25(19)4/h5-13H,1-4H3,(H,24,26). The molecule has 0 bridgehead atoms. The predicted molar refractivity (Wildman–Crippen MR) is 106 cm³/mol. The molecule has 3 aromatic rings. The second-order valence-electron chi connectivity index (χ2n) is 7.35. The number of carbonyl (C=O) groups excluding carboxylic acids is 1. The van der Waals surface area contributed by atoms with Crippen molar-refractivity contribution >= 4 is 17.5 Å². The predicted octanol–water partition coefficient (Wildman–Crippen LogP) is 4.94. The highest BCUT2D eigenvalue weighted by atomic mass is 35.5. The van der Waals surface area contributed by atoms with Gasteiger partial charge in [-0.15, -0.1) is 0 Å². The maximum Gasteiger partial charge on any atom is 0.251 e. The fraction of sp³-hybridized carbons (Fsp3) is 0.238. The Kier molecular flexibility index (Phi) is 4.88. The Morgan fingerprint density at radius 3 is 2.23 bits per heavy atom. The second kappa shape index (κ2) is 6.96. The minimum Gasteiger partial charge on any atom is -0.347 e. The van der Waals surface area contributed by atoms with E-state index in [0.717, 1.165) is 22.4 Å². The molecule has 0 aliphatic heterocycles. The Morgan fingerprint density at radius 1 is 1.00 bits per heavy atom. The summed E-state index contributed by atoms with van der Waals surface area (Å²) < 4.78 is 1.80. The van der Waals surface area contributed by atoms with E-state index >= 15 is 0 Å². The topological polar surface area (TPSA) is 46.9 Å². The average molecular weight is 368 g/mol. The van der Waals surface area contributed by atoms with Crippen molar-refractivity contribution in [2.24, 2.45) is 7.05 Å². The minimum atomic E-state index is -0.306. The first-order valence-electron chi connectivity index (χ1n) is 8.45. The van der Waals surface area contributed by atoms with E-state index in [9.17, 15) is 4.79 Å². The number of carbonyl (C=O) groups is 1. The van der Waals surface area contributed by atoms with Crippen LogP contribution in [-0.2, 0) is 7.05 Å². The maximum absolute atomic E-state index is 12.8. The molecule has 1 heterocycles. The first-order chi connectivity index (χ1) is 12.2. The van der Waals surface area contributed by atoms with Crippen LogP contribution in [0.25, 0.3) is 22.4 Å². The fourth-order valence-electron chi connectivity index (χ4n) is 2.79. The van der Waals surface area contributed by atoms with Crippen molar-refractivity contribution in [1.29, 1.82) is 0 Å². The maximum atomic E-state index is 12.8. The van der Waals surface area contributed by atoms with Crippen molar-refractivity contribution in [2.75, 3.05) is 0 Å². The van der Waals surface area contributed by atoms with Gasteiger partial charge in [0, 0.05) is 34.9 Å². The summed E-state index contributed by atoms with van der Waals surface area (Å²) in [6.07, 6.45) is 1.75. The van der Waals surface area contributed by atoms with Crippen molar-refractivity contribution in [3.8, 4) is 22.4 Å². The second-order valence-corrected chi connectivity index (χ2v) is 7.79. The van der Waals surface area contributed by atoms with Crippen LogP contribution in [0.4, 0.5) is 0 Å². The molecule has 5 heteroatoms. The number of rotatable bonds is 3. The Balaban J connectivity index is 2.12. The molecule has 0 saturated heterocycles. The molecular weight excluding hydrogens is 346 g/mol. The van der Waals surface area contributed by atoms with E-state index in [1.54, 1.807) is 10.9 Å². The zero-order valence-electron chi connectivity index (χ0n) is 15.4. The van der Waals surface area contributed by atoms with Crippen LogP contribution in [0.2, 0.25) is 5.02 Å². The first-order valence-corrected chi connectivity index (χ1v) is 8.83. The summed E-state index contributed by atoms with van der Waals surface area (Å²) in [7, 11) is 1.89. The van der Waals surface area contributed by atoms with Gasteiger partial charge in [-0.25, -0.2) is 0 Å². The lowest BCUT2D eigenvalue weighted by atomic mass is 9.97. The number of benzene rings is 2. The molecule has 1 amide bonds. The smallest absolute Gasteiger partial charge is 0.251 e. The molecule has 1 aromatic heterocycles. The number of hydrogen-bond donors (Lipinski definition) is 1. The van der Waals surface area contributed by atoms with Gasteiger partial charge >= 0.3 is 0 Å². The largest absolute Gasteiger partial charge is 0.347 e. The Morgan fingerprint density at radius 2 is 1.65 bits per heavy atom. The molecule has 26 heavy (non-hydrogen) atoms. The van der Waals surface area contributed by atoms with Crippen LogP contribution >= 0.6 is 11.6 Å². The van der Waals surface area contributed by atoms with Crippen LogP contribution < -0.4 is 5.32 Å². The third kappa shape index (κ3) is 4.14. The van der Waals surface area contributed by atoms with Crippen molar-refractivity contribution in [3.63, 3.8) is 0 Å². The van der Waals surface area contributed by atoms with Crippen molar-refractivity contribution in [2.45, 2.75) is 26.3 Å². The number of hydrogen-bond acceptors (Lipinski definition) is 2. The molecule has 0 radical (unpaired) electrons. The van der Waals surface area contributed by atoms with Crippen LogP contribution in [0.15, 0.2) is 54.7 Å². The van der Waals surface area contributed by atoms with Gasteiger partial charge in [-0.1, -0.05) is 23.7 Å². The van der Waals surface area contributed by atoms with Crippen LogP contribution in [0, 0.1) is 0 Å². The zero-order chi connectivity index (χ0) is 18.9. The Labute approximate surface area is 158 Å². The molecule has 4 nitrogen and oxygen atoms in total. The van der Waals surface area contributed by atoms with E-state index in [1.165, 1.54) is 0 Å². The molecular formula is C21H22ClN3O. The molecule has 0 spiro atoms. The van der Waals surface area contributed by atoms with Gasteiger partial charge in [-0.05, 0) is 68.3 Å². The SMILES string of the molecule is Cn1nccc1-c1cc(C(=O)NC(C)(C)C)cc(-c2ccc(Cl)cc2)c1. The number of nitrogens with zero attached hydrogens (tertiary/aromatic N) is 2. The molecule has 0 saturated carbocycles. The summed E-state index contributed by atoms with van der Waals surface area (Å²) in [5, 5.41) is 7.95. The van der Waals surface area contributed by atoms with Crippen LogP contribution in [-0.4, -0.2) is 21.2 Å². The van der Waals surface area contributed by atoms with Crippen molar-refractivity contribution in [1.82, 2.24) is 15.1 Å². The number of aryl methyl sites for hydroxylation is 1. The highest BCUT2D eigenvalue weighted by Gasteiger charge is 2.17. The van der Waals surface area contributed by atoms with Crippen LogP contribution in [0.1, 0.15) is 31.1 Å². The first kappa shape index (κ1) is 18.2. The molecule has 1 N–H and O–H groups in total. The van der Waals surface area contributed by atoms with Gasteiger partial charge in [0.25, 0.3) is 5.91 Å². The summed E-state index contributed by atoms with van der Waals surface area (Å²) in [6.45, 7) is 5.90. The third-order valence-electron chi connectivity index (χ3n) is 3.98. The monoisotopic (exact) mass is 367 g/mol. The van der Waals surface area contributed by atoms with Crippen LogP contribution in [0.3, 0.4) is 0 Å². The minimum absolute atomic E-state index is 0.100. The van der Waals surface area contributed by atoms with E-state index in [1.807, 2.05) is 70.3 Å². The lowest BCUT2D eigenvalue weighted by Crippen LogP contribution is -2.40. The van der Waals surface area contributed by atoms with Gasteiger partial charge < -0.3 is 5.32 Å². The molecule has 0 aliphatic carbocycles. The summed E-state index contributed by atoms with van der Waals surface area (Å²) in [4.78, 5) is 12.8. The van der Waals surface area contributed by atoms with E-state index in [4.69, 9.17) is 11.6 Å². The number of aromatic nitrogens is 2. The van der Waals surface area contributed by atoms with E-state index in [-0.39, 0.29) is 11.4 Å². The normalized spacial score (nSPS) is 11.4. The lowest BCUT2D eigenvalue weighted by molar-refractivity contribution is 0.0919. The molecule has 0 fully saturated rings. The quantitative estimate of drug-likeness (QED) is 0.713. The fourth-order valence-corrected chi connectivity index (χ4v) is 2.91. The van der Waals surface area contributed by atoms with Gasteiger partial charge in [0.15, 0.2) is 0 Å². The molecule has 2 aromatic carbocycles. The molecule has 134 valence electrons. The average Bonchev–Trinajstić information content (AvgIpc) is 2.99. The van der Waals surface area contributed by atoms with Gasteiger partial charge in [-0.3, -0.25) is 9.48 Å². The van der Waals surface area contributed by atoms with E-state index in [2.05, 4.69) is 16.5 Å². The molecule has 0 unspecified atom stereocenters. The van der Waals surface area contributed by atoms with Gasteiger partial charge in [0.2, 0.25) is 0 Å². The Hall–Kier alpha value is -2.59. The highest BCUT2D eigenvalue weighted by Crippen LogP contribution is 2.29. The van der Waals surface area contributed by atoms with Crippen LogP contribution in [0.5, 0.6) is 0 Å². The lowest BCUT2D eigenvalue weighted by Gasteiger charge is -2.21. The third-order valence-corrected chi connectivity index (χ3v) is 4.23. The molecule has 3 rings (SSSR count). The highest BCUT2D eigenvalue weighted by molar-refractivity contribution is 6.30. The van der Waals surface area contributed by atoms with E-state index < -0.39 is 0 Å². The summed E-state index contributed by atoms with van der Waals surface area (Å²) in [5.74, 6) is -0.100. The summed E-state index contributed by atoms with van der Waals surface area (Å²) in [6, 6.07) is 15.4. The van der Waals surface area contributed by atoms with Gasteiger partial charge in [-0.2, -0.15) is 5.10 Å². The van der Waals surface area contributed by atoms with Gasteiger partial charge in [0.05, 0.1) is 5.69 Å². The summed E-state index contributed by atoms with van der Waals surface area (Å²) >= 11 is 6.01. The Bertz CT molecular complexity index is 937. The number of nitrogens with one attached hydrogen (secondary N) is 1. The van der Waals surface area contributed by atoms with Gasteiger partial charge in [0.1, 0.15) is 0 Å². The molecule has 0 atom stereocenters. The van der Waals surface area contributed by atoms with E-state index in [0.29, 0.717) is 10.6 Å². The number of halogens is 1. The summed E-state index contributed by atoms with van der Waals surface area (Å²) in [5.41, 5.74) is 4.16. The van der Waals surface area contributed by atoms with Crippen molar-refractivity contribution in [3.05, 3.63) is 65.3 Å². The zero-order valence-corrected chi connectivity index (χ0v) is 16.1.